The SMILES string of the molecule is CNc1cc(-c2ccoc2)ncn1. The molecule has 0 bridgehead atoms. The normalized spacial score (nSPS) is 9.92. The molecule has 2 heterocycles. The lowest BCUT2D eigenvalue weighted by atomic mass is 10.2. The van der Waals surface area contributed by atoms with Crippen LogP contribution in [0.5, 0.6) is 0 Å². The maximum absolute atomic E-state index is 4.96. The summed E-state index contributed by atoms with van der Waals surface area (Å²) in [5.41, 5.74) is 1.81. The van der Waals surface area contributed by atoms with Crippen molar-refractivity contribution < 1.29 is 4.42 Å². The summed E-state index contributed by atoms with van der Waals surface area (Å²) in [5.74, 6) is 0.797. The average molecular weight is 175 g/mol. The summed E-state index contributed by atoms with van der Waals surface area (Å²) < 4.78 is 4.96. The fourth-order valence-corrected chi connectivity index (χ4v) is 1.06. The lowest BCUT2D eigenvalue weighted by Gasteiger charge is -1.99. The van der Waals surface area contributed by atoms with Crippen LogP contribution in [0.1, 0.15) is 0 Å². The van der Waals surface area contributed by atoms with E-state index >= 15 is 0 Å². The van der Waals surface area contributed by atoms with Gasteiger partial charge in [0, 0.05) is 18.7 Å². The maximum atomic E-state index is 4.96. The minimum Gasteiger partial charge on any atom is -0.472 e. The zero-order chi connectivity index (χ0) is 9.10. The largest absolute Gasteiger partial charge is 0.472 e. The molecule has 0 aliphatic carbocycles. The minimum absolute atomic E-state index is 0.797. The van der Waals surface area contributed by atoms with Crippen LogP contribution in [0.15, 0.2) is 35.4 Å². The number of furan rings is 1. The second kappa shape index (κ2) is 3.26. The van der Waals surface area contributed by atoms with Gasteiger partial charge in [-0.3, -0.25) is 0 Å². The molecule has 0 aliphatic rings. The Hall–Kier alpha value is -1.84. The lowest BCUT2D eigenvalue weighted by molar-refractivity contribution is 0.568. The second-order valence-corrected chi connectivity index (χ2v) is 2.55. The molecule has 0 unspecified atom stereocenters. The van der Waals surface area contributed by atoms with E-state index in [0.717, 1.165) is 17.1 Å². The number of hydrogen-bond acceptors (Lipinski definition) is 4. The first kappa shape index (κ1) is 7.79. The summed E-state index contributed by atoms with van der Waals surface area (Å²) in [6.45, 7) is 0. The molecular weight excluding hydrogens is 166 g/mol. The van der Waals surface area contributed by atoms with Crippen LogP contribution in [0.3, 0.4) is 0 Å². The van der Waals surface area contributed by atoms with Crippen molar-refractivity contribution in [2.45, 2.75) is 0 Å². The Morgan fingerprint density at radius 2 is 2.31 bits per heavy atom. The van der Waals surface area contributed by atoms with Crippen molar-refractivity contribution in [2.75, 3.05) is 12.4 Å². The zero-order valence-electron chi connectivity index (χ0n) is 7.19. The van der Waals surface area contributed by atoms with Gasteiger partial charge in [0.25, 0.3) is 0 Å². The molecule has 0 fully saturated rings. The van der Waals surface area contributed by atoms with Crippen LogP contribution in [0, 0.1) is 0 Å². The topological polar surface area (TPSA) is 51.0 Å². The Morgan fingerprint density at radius 1 is 1.38 bits per heavy atom. The van der Waals surface area contributed by atoms with Crippen molar-refractivity contribution in [3.63, 3.8) is 0 Å². The van der Waals surface area contributed by atoms with Crippen molar-refractivity contribution in [2.24, 2.45) is 0 Å². The standard InChI is InChI=1S/C9H9N3O/c1-10-9-4-8(11-6-12-9)7-2-3-13-5-7/h2-6H,1H3,(H,10,11,12). The molecule has 2 aromatic heterocycles. The van der Waals surface area contributed by atoms with Gasteiger partial charge in [0.2, 0.25) is 0 Å². The predicted molar refractivity (Wildman–Crippen MR) is 49.3 cm³/mol. The van der Waals surface area contributed by atoms with Gasteiger partial charge in [-0.25, -0.2) is 9.97 Å². The lowest BCUT2D eigenvalue weighted by Crippen LogP contribution is -1.93. The molecule has 66 valence electrons. The van der Waals surface area contributed by atoms with Crippen LogP contribution >= 0.6 is 0 Å². The summed E-state index contributed by atoms with van der Waals surface area (Å²) in [7, 11) is 1.82. The van der Waals surface area contributed by atoms with E-state index in [2.05, 4.69) is 15.3 Å². The maximum Gasteiger partial charge on any atom is 0.129 e. The van der Waals surface area contributed by atoms with E-state index < -0.39 is 0 Å². The number of anilines is 1. The Morgan fingerprint density at radius 3 is 3.00 bits per heavy atom. The number of rotatable bonds is 2. The molecule has 4 heteroatoms. The summed E-state index contributed by atoms with van der Waals surface area (Å²) >= 11 is 0. The summed E-state index contributed by atoms with van der Waals surface area (Å²) in [5, 5.41) is 2.95. The van der Waals surface area contributed by atoms with Gasteiger partial charge in [0.15, 0.2) is 0 Å². The quantitative estimate of drug-likeness (QED) is 0.755. The molecule has 0 atom stereocenters. The van der Waals surface area contributed by atoms with Crippen LogP contribution in [0.25, 0.3) is 11.3 Å². The number of hydrogen-bond donors (Lipinski definition) is 1. The van der Waals surface area contributed by atoms with Gasteiger partial charge < -0.3 is 9.73 Å². The van der Waals surface area contributed by atoms with Crippen LogP contribution in [0.2, 0.25) is 0 Å². The highest BCUT2D eigenvalue weighted by molar-refractivity contribution is 5.60. The summed E-state index contributed by atoms with van der Waals surface area (Å²) in [4.78, 5) is 8.13. The highest BCUT2D eigenvalue weighted by Crippen LogP contribution is 2.18. The zero-order valence-corrected chi connectivity index (χ0v) is 7.19. The van der Waals surface area contributed by atoms with Crippen molar-refractivity contribution in [1.82, 2.24) is 9.97 Å². The van der Waals surface area contributed by atoms with E-state index in [9.17, 15) is 0 Å². The molecule has 2 aromatic rings. The first-order valence-corrected chi connectivity index (χ1v) is 3.92. The molecule has 0 amide bonds. The molecule has 0 saturated heterocycles. The monoisotopic (exact) mass is 175 g/mol. The predicted octanol–water partition coefficient (Wildman–Crippen LogP) is 1.78. The van der Waals surface area contributed by atoms with E-state index in [1.807, 2.05) is 19.2 Å². The van der Waals surface area contributed by atoms with Gasteiger partial charge >= 0.3 is 0 Å². The van der Waals surface area contributed by atoms with Gasteiger partial charge in [0.1, 0.15) is 12.1 Å². The van der Waals surface area contributed by atoms with Crippen molar-refractivity contribution >= 4 is 5.82 Å². The number of aromatic nitrogens is 2. The molecule has 2 rings (SSSR count). The minimum atomic E-state index is 0.797. The summed E-state index contributed by atoms with van der Waals surface area (Å²) in [6.07, 6.45) is 4.80. The molecule has 0 spiro atoms. The van der Waals surface area contributed by atoms with E-state index in [-0.39, 0.29) is 0 Å². The van der Waals surface area contributed by atoms with E-state index in [1.165, 1.54) is 6.33 Å². The Labute approximate surface area is 75.6 Å². The molecule has 0 saturated carbocycles. The second-order valence-electron chi connectivity index (χ2n) is 2.55. The Bertz CT molecular complexity index is 384. The molecule has 4 nitrogen and oxygen atoms in total. The third kappa shape index (κ3) is 1.51. The Kier molecular flexibility index (Phi) is 1.96. The Balaban J connectivity index is 2.41. The van der Waals surface area contributed by atoms with Gasteiger partial charge in [-0.15, -0.1) is 0 Å². The fraction of sp³-hybridized carbons (Fsp3) is 0.111. The van der Waals surface area contributed by atoms with Gasteiger partial charge in [-0.2, -0.15) is 0 Å². The third-order valence-electron chi connectivity index (χ3n) is 1.74. The van der Waals surface area contributed by atoms with Crippen molar-refractivity contribution in [3.8, 4) is 11.3 Å². The van der Waals surface area contributed by atoms with Crippen LogP contribution in [0.4, 0.5) is 5.82 Å². The van der Waals surface area contributed by atoms with Gasteiger partial charge in [-0.1, -0.05) is 0 Å². The first-order chi connectivity index (χ1) is 6.40. The number of nitrogens with zero attached hydrogens (tertiary/aromatic N) is 2. The third-order valence-corrected chi connectivity index (χ3v) is 1.74. The summed E-state index contributed by atoms with van der Waals surface area (Å²) in [6, 6.07) is 3.73. The highest BCUT2D eigenvalue weighted by atomic mass is 16.3. The fourth-order valence-electron chi connectivity index (χ4n) is 1.06. The highest BCUT2D eigenvalue weighted by Gasteiger charge is 2.01. The van der Waals surface area contributed by atoms with E-state index in [4.69, 9.17) is 4.42 Å². The average Bonchev–Trinajstić information content (AvgIpc) is 2.71. The molecule has 0 aromatic carbocycles. The van der Waals surface area contributed by atoms with Gasteiger partial charge in [-0.05, 0) is 6.07 Å². The smallest absolute Gasteiger partial charge is 0.129 e. The molecule has 0 aliphatic heterocycles. The van der Waals surface area contributed by atoms with Crippen LogP contribution in [-0.4, -0.2) is 17.0 Å². The molecule has 13 heavy (non-hydrogen) atoms. The van der Waals surface area contributed by atoms with Gasteiger partial charge in [0.05, 0.1) is 18.2 Å². The van der Waals surface area contributed by atoms with Crippen molar-refractivity contribution in [3.05, 3.63) is 31.0 Å². The van der Waals surface area contributed by atoms with Crippen LogP contribution in [-0.2, 0) is 0 Å². The van der Waals surface area contributed by atoms with Crippen LogP contribution < -0.4 is 5.32 Å². The van der Waals surface area contributed by atoms with E-state index in [0.29, 0.717) is 0 Å². The molecule has 1 N–H and O–H groups in total. The molecule has 0 radical (unpaired) electrons. The number of nitrogens with one attached hydrogen (secondary N) is 1. The first-order valence-electron chi connectivity index (χ1n) is 3.92. The molecular formula is C9H9N3O. The van der Waals surface area contributed by atoms with E-state index in [1.54, 1.807) is 12.5 Å². The van der Waals surface area contributed by atoms with Crippen molar-refractivity contribution in [1.29, 1.82) is 0 Å².